The summed E-state index contributed by atoms with van der Waals surface area (Å²) in [7, 11) is 0. The van der Waals surface area contributed by atoms with E-state index in [0.717, 1.165) is 21.0 Å². The highest BCUT2D eigenvalue weighted by atomic mass is 127. The number of thioether (sulfide) groups is 1. The van der Waals surface area contributed by atoms with Gasteiger partial charge in [-0.15, -0.1) is 0 Å². The summed E-state index contributed by atoms with van der Waals surface area (Å²) in [5.74, 6) is 0.347. The van der Waals surface area contributed by atoms with Gasteiger partial charge in [0.15, 0.2) is 5.16 Å². The molecule has 4 nitrogen and oxygen atoms in total. The number of halogens is 1. The number of carbonyl (C=O) groups excluding carboxylic acids is 1. The molecule has 1 N–H and O–H groups in total. The maximum atomic E-state index is 11.8. The Labute approximate surface area is 130 Å². The van der Waals surface area contributed by atoms with E-state index in [9.17, 15) is 4.79 Å². The highest BCUT2D eigenvalue weighted by Gasteiger charge is 2.07. The van der Waals surface area contributed by atoms with Crippen molar-refractivity contribution in [1.82, 2.24) is 9.55 Å². The molecule has 0 saturated heterocycles. The Balaban J connectivity index is 1.86. The van der Waals surface area contributed by atoms with Crippen LogP contribution < -0.4 is 5.32 Å². The average Bonchev–Trinajstić information content (AvgIpc) is 2.86. The number of hydrogen-bond donors (Lipinski definition) is 1. The van der Waals surface area contributed by atoms with Crippen molar-refractivity contribution >= 4 is 45.9 Å². The Morgan fingerprint density at radius 1 is 1.42 bits per heavy atom. The van der Waals surface area contributed by atoms with E-state index in [1.807, 2.05) is 35.0 Å². The Kier molecular flexibility index (Phi) is 5.26. The number of anilines is 1. The standard InChI is InChI=1S/C13H14IN3OS/c1-2-17-8-7-15-13(17)19-9-12(18)16-11-5-3-10(14)4-6-11/h3-8H,2,9H2,1H3,(H,16,18). The smallest absolute Gasteiger partial charge is 0.234 e. The predicted octanol–water partition coefficient (Wildman–Crippen LogP) is 3.24. The molecule has 0 saturated carbocycles. The minimum atomic E-state index is -0.0168. The minimum Gasteiger partial charge on any atom is -0.326 e. The van der Waals surface area contributed by atoms with Crippen molar-refractivity contribution in [2.45, 2.75) is 18.6 Å². The number of rotatable bonds is 5. The van der Waals surface area contributed by atoms with E-state index in [1.165, 1.54) is 11.8 Å². The van der Waals surface area contributed by atoms with Crippen molar-refractivity contribution in [2.75, 3.05) is 11.1 Å². The van der Waals surface area contributed by atoms with Crippen LogP contribution in [0, 0.1) is 3.57 Å². The van der Waals surface area contributed by atoms with E-state index in [-0.39, 0.29) is 5.91 Å². The van der Waals surface area contributed by atoms with Gasteiger partial charge in [0.2, 0.25) is 5.91 Å². The van der Waals surface area contributed by atoms with E-state index in [4.69, 9.17) is 0 Å². The molecule has 0 radical (unpaired) electrons. The van der Waals surface area contributed by atoms with Crippen molar-refractivity contribution in [3.63, 3.8) is 0 Å². The van der Waals surface area contributed by atoms with Gasteiger partial charge in [0, 0.05) is 28.2 Å². The monoisotopic (exact) mass is 387 g/mol. The molecule has 0 bridgehead atoms. The van der Waals surface area contributed by atoms with Crippen LogP contribution in [0.3, 0.4) is 0 Å². The maximum Gasteiger partial charge on any atom is 0.234 e. The molecule has 1 aromatic carbocycles. The summed E-state index contributed by atoms with van der Waals surface area (Å²) in [5.41, 5.74) is 0.824. The molecule has 100 valence electrons. The Bertz CT molecular complexity index is 553. The van der Waals surface area contributed by atoms with Crippen LogP contribution in [-0.4, -0.2) is 21.2 Å². The number of nitrogens with one attached hydrogen (secondary N) is 1. The molecule has 2 aromatic rings. The SMILES string of the molecule is CCn1ccnc1SCC(=O)Nc1ccc(I)cc1. The zero-order valence-corrected chi connectivity index (χ0v) is 13.4. The second kappa shape index (κ2) is 6.95. The van der Waals surface area contributed by atoms with Crippen LogP contribution >= 0.6 is 34.4 Å². The predicted molar refractivity (Wildman–Crippen MR) is 86.4 cm³/mol. The fraction of sp³-hybridized carbons (Fsp3) is 0.231. The lowest BCUT2D eigenvalue weighted by atomic mass is 10.3. The number of nitrogens with zero attached hydrogens (tertiary/aromatic N) is 2. The fourth-order valence-electron chi connectivity index (χ4n) is 1.54. The molecule has 19 heavy (non-hydrogen) atoms. The van der Waals surface area contributed by atoms with Crippen LogP contribution in [0.25, 0.3) is 0 Å². The third-order valence-electron chi connectivity index (χ3n) is 2.48. The maximum absolute atomic E-state index is 11.8. The van der Waals surface area contributed by atoms with E-state index in [0.29, 0.717) is 5.75 Å². The number of carbonyl (C=O) groups is 1. The first-order chi connectivity index (χ1) is 9.19. The van der Waals surface area contributed by atoms with Gasteiger partial charge in [-0.25, -0.2) is 4.98 Å². The molecular weight excluding hydrogens is 373 g/mol. The Morgan fingerprint density at radius 2 is 2.16 bits per heavy atom. The highest BCUT2D eigenvalue weighted by Crippen LogP contribution is 2.16. The Morgan fingerprint density at radius 3 is 2.84 bits per heavy atom. The van der Waals surface area contributed by atoms with E-state index in [2.05, 4.69) is 39.8 Å². The fourth-order valence-corrected chi connectivity index (χ4v) is 2.72. The van der Waals surface area contributed by atoms with Gasteiger partial charge in [-0.1, -0.05) is 11.8 Å². The third kappa shape index (κ3) is 4.24. The van der Waals surface area contributed by atoms with Crippen molar-refractivity contribution in [3.8, 4) is 0 Å². The van der Waals surface area contributed by atoms with Gasteiger partial charge in [-0.3, -0.25) is 4.79 Å². The summed E-state index contributed by atoms with van der Waals surface area (Å²) < 4.78 is 3.16. The highest BCUT2D eigenvalue weighted by molar-refractivity contribution is 14.1. The molecule has 0 aliphatic carbocycles. The minimum absolute atomic E-state index is 0.0168. The summed E-state index contributed by atoms with van der Waals surface area (Å²) in [6, 6.07) is 7.73. The van der Waals surface area contributed by atoms with Crippen LogP contribution in [-0.2, 0) is 11.3 Å². The van der Waals surface area contributed by atoms with Gasteiger partial charge in [0.05, 0.1) is 5.75 Å². The van der Waals surface area contributed by atoms with Crippen LogP contribution in [0.2, 0.25) is 0 Å². The van der Waals surface area contributed by atoms with Crippen LogP contribution in [0.1, 0.15) is 6.92 Å². The van der Waals surface area contributed by atoms with Crippen molar-refractivity contribution in [1.29, 1.82) is 0 Å². The van der Waals surface area contributed by atoms with E-state index < -0.39 is 0 Å². The molecule has 0 fully saturated rings. The second-order valence-electron chi connectivity index (χ2n) is 3.84. The van der Waals surface area contributed by atoms with Crippen molar-refractivity contribution in [3.05, 3.63) is 40.2 Å². The first-order valence-corrected chi connectivity index (χ1v) is 7.95. The third-order valence-corrected chi connectivity index (χ3v) is 4.20. The molecule has 6 heteroatoms. The topological polar surface area (TPSA) is 46.9 Å². The van der Waals surface area contributed by atoms with Crippen molar-refractivity contribution in [2.24, 2.45) is 0 Å². The lowest BCUT2D eigenvalue weighted by Crippen LogP contribution is -2.14. The summed E-state index contributed by atoms with van der Waals surface area (Å²) in [6.07, 6.45) is 3.67. The van der Waals surface area contributed by atoms with Gasteiger partial charge >= 0.3 is 0 Å². The summed E-state index contributed by atoms with van der Waals surface area (Å²) in [6.45, 7) is 2.92. The second-order valence-corrected chi connectivity index (χ2v) is 6.03. The van der Waals surface area contributed by atoms with Gasteiger partial charge in [0.25, 0.3) is 0 Å². The molecule has 0 atom stereocenters. The van der Waals surface area contributed by atoms with Gasteiger partial charge in [-0.05, 0) is 53.8 Å². The van der Waals surface area contributed by atoms with Gasteiger partial charge < -0.3 is 9.88 Å². The average molecular weight is 387 g/mol. The van der Waals surface area contributed by atoms with Gasteiger partial charge in [0.1, 0.15) is 0 Å². The zero-order valence-electron chi connectivity index (χ0n) is 10.5. The molecule has 1 heterocycles. The van der Waals surface area contributed by atoms with Crippen molar-refractivity contribution < 1.29 is 4.79 Å². The normalized spacial score (nSPS) is 10.4. The number of aromatic nitrogens is 2. The number of aryl methyl sites for hydroxylation is 1. The van der Waals surface area contributed by atoms with E-state index >= 15 is 0 Å². The van der Waals surface area contributed by atoms with Crippen LogP contribution in [0.5, 0.6) is 0 Å². The molecule has 0 unspecified atom stereocenters. The number of hydrogen-bond acceptors (Lipinski definition) is 3. The first kappa shape index (κ1) is 14.4. The number of imidazole rings is 1. The quantitative estimate of drug-likeness (QED) is 0.633. The molecule has 2 rings (SSSR count). The molecule has 0 aliphatic rings. The summed E-state index contributed by atoms with van der Waals surface area (Å²) >= 11 is 3.68. The molecular formula is C13H14IN3OS. The number of amides is 1. The number of benzene rings is 1. The lowest BCUT2D eigenvalue weighted by Gasteiger charge is -2.06. The molecule has 0 spiro atoms. The summed E-state index contributed by atoms with van der Waals surface area (Å²) in [4.78, 5) is 16.0. The lowest BCUT2D eigenvalue weighted by molar-refractivity contribution is -0.113. The Hall–Kier alpha value is -1.02. The first-order valence-electron chi connectivity index (χ1n) is 5.88. The molecule has 1 aromatic heterocycles. The van der Waals surface area contributed by atoms with Crippen LogP contribution in [0.4, 0.5) is 5.69 Å². The zero-order chi connectivity index (χ0) is 13.7. The van der Waals surface area contributed by atoms with Crippen LogP contribution in [0.15, 0.2) is 41.8 Å². The molecule has 1 amide bonds. The molecule has 0 aliphatic heterocycles. The van der Waals surface area contributed by atoms with E-state index in [1.54, 1.807) is 6.20 Å². The largest absolute Gasteiger partial charge is 0.326 e. The van der Waals surface area contributed by atoms with Gasteiger partial charge in [-0.2, -0.15) is 0 Å². The summed E-state index contributed by atoms with van der Waals surface area (Å²) in [5, 5.41) is 3.74.